The SMILES string of the molecule is CCOC(=O)Cc1nnc(SCC(=O)Nc2ccc(N3CCCC3)c(C)c2)n1C. The summed E-state index contributed by atoms with van der Waals surface area (Å²) in [6, 6.07) is 6.03. The first-order chi connectivity index (χ1) is 14.0. The van der Waals surface area contributed by atoms with E-state index in [1.807, 2.05) is 12.1 Å². The van der Waals surface area contributed by atoms with E-state index < -0.39 is 0 Å². The van der Waals surface area contributed by atoms with Crippen molar-refractivity contribution in [3.63, 3.8) is 0 Å². The molecule has 2 heterocycles. The molecule has 1 aliphatic heterocycles. The fourth-order valence-corrected chi connectivity index (χ4v) is 4.07. The summed E-state index contributed by atoms with van der Waals surface area (Å²) in [5.41, 5.74) is 3.19. The van der Waals surface area contributed by atoms with E-state index in [2.05, 4.69) is 33.4 Å². The quantitative estimate of drug-likeness (QED) is 0.521. The van der Waals surface area contributed by atoms with Gasteiger partial charge in [0.15, 0.2) is 5.16 Å². The Morgan fingerprint density at radius 1 is 1.24 bits per heavy atom. The van der Waals surface area contributed by atoms with Gasteiger partial charge >= 0.3 is 5.97 Å². The molecule has 1 aliphatic rings. The molecule has 0 saturated carbocycles. The summed E-state index contributed by atoms with van der Waals surface area (Å²) < 4.78 is 6.64. The van der Waals surface area contributed by atoms with E-state index >= 15 is 0 Å². The van der Waals surface area contributed by atoms with Crippen LogP contribution in [0.15, 0.2) is 23.4 Å². The minimum Gasteiger partial charge on any atom is -0.466 e. The molecule has 1 saturated heterocycles. The zero-order valence-electron chi connectivity index (χ0n) is 17.1. The second-order valence-corrected chi connectivity index (χ2v) is 7.91. The topological polar surface area (TPSA) is 89.3 Å². The van der Waals surface area contributed by atoms with Gasteiger partial charge in [0, 0.05) is 31.5 Å². The number of rotatable bonds is 8. The van der Waals surface area contributed by atoms with Crippen LogP contribution in [0.5, 0.6) is 0 Å². The number of carbonyl (C=O) groups excluding carboxylic acids is 2. The van der Waals surface area contributed by atoms with Gasteiger partial charge in [0.1, 0.15) is 12.2 Å². The van der Waals surface area contributed by atoms with Gasteiger partial charge in [0.05, 0.1) is 12.4 Å². The van der Waals surface area contributed by atoms with Gasteiger partial charge < -0.3 is 19.5 Å². The largest absolute Gasteiger partial charge is 0.466 e. The molecule has 3 rings (SSSR count). The van der Waals surface area contributed by atoms with Crippen molar-refractivity contribution >= 4 is 35.0 Å². The van der Waals surface area contributed by atoms with Gasteiger partial charge in [-0.3, -0.25) is 9.59 Å². The molecule has 156 valence electrons. The highest BCUT2D eigenvalue weighted by Crippen LogP contribution is 2.27. The van der Waals surface area contributed by atoms with Gasteiger partial charge in [-0.25, -0.2) is 0 Å². The summed E-state index contributed by atoms with van der Waals surface area (Å²) in [7, 11) is 1.77. The van der Waals surface area contributed by atoms with Crippen molar-refractivity contribution in [2.45, 2.75) is 38.3 Å². The zero-order valence-corrected chi connectivity index (χ0v) is 17.9. The summed E-state index contributed by atoms with van der Waals surface area (Å²) in [6.45, 7) is 6.35. The van der Waals surface area contributed by atoms with Crippen LogP contribution < -0.4 is 10.2 Å². The van der Waals surface area contributed by atoms with E-state index in [1.165, 1.54) is 30.3 Å². The molecule has 8 nitrogen and oxygen atoms in total. The Kier molecular flexibility index (Phi) is 7.13. The maximum Gasteiger partial charge on any atom is 0.313 e. The first-order valence-electron chi connectivity index (χ1n) is 9.80. The molecule has 9 heteroatoms. The predicted octanol–water partition coefficient (Wildman–Crippen LogP) is 2.56. The smallest absolute Gasteiger partial charge is 0.313 e. The summed E-state index contributed by atoms with van der Waals surface area (Å²) in [6.07, 6.45) is 2.53. The van der Waals surface area contributed by atoms with E-state index in [0.29, 0.717) is 17.6 Å². The molecule has 1 aromatic carbocycles. The lowest BCUT2D eigenvalue weighted by Gasteiger charge is -2.20. The number of amides is 1. The number of aryl methyl sites for hydroxylation is 1. The van der Waals surface area contributed by atoms with E-state index in [-0.39, 0.29) is 24.1 Å². The third kappa shape index (κ3) is 5.50. The van der Waals surface area contributed by atoms with Gasteiger partial charge in [-0.2, -0.15) is 0 Å². The molecule has 0 bridgehead atoms. The van der Waals surface area contributed by atoms with Crippen molar-refractivity contribution in [3.8, 4) is 0 Å². The fourth-order valence-electron chi connectivity index (χ4n) is 3.34. The molecule has 0 spiro atoms. The Morgan fingerprint density at radius 2 is 2.00 bits per heavy atom. The van der Waals surface area contributed by atoms with E-state index in [4.69, 9.17) is 4.74 Å². The molecule has 1 amide bonds. The number of ether oxygens (including phenoxy) is 1. The summed E-state index contributed by atoms with van der Waals surface area (Å²) >= 11 is 1.28. The summed E-state index contributed by atoms with van der Waals surface area (Å²) in [4.78, 5) is 26.3. The number of benzene rings is 1. The molecule has 0 aliphatic carbocycles. The molecule has 1 aromatic heterocycles. The Morgan fingerprint density at radius 3 is 2.69 bits per heavy atom. The van der Waals surface area contributed by atoms with Crippen LogP contribution in [-0.2, 0) is 27.8 Å². The molecule has 1 N–H and O–H groups in total. The van der Waals surface area contributed by atoms with Crippen LogP contribution in [0, 0.1) is 6.92 Å². The lowest BCUT2D eigenvalue weighted by molar-refractivity contribution is -0.142. The average molecular weight is 418 g/mol. The molecule has 2 aromatic rings. The number of carbonyl (C=O) groups is 2. The van der Waals surface area contributed by atoms with Crippen LogP contribution in [0.3, 0.4) is 0 Å². The van der Waals surface area contributed by atoms with Crippen LogP contribution in [0.1, 0.15) is 31.2 Å². The summed E-state index contributed by atoms with van der Waals surface area (Å²) in [5, 5.41) is 11.6. The van der Waals surface area contributed by atoms with Crippen molar-refractivity contribution in [1.82, 2.24) is 14.8 Å². The predicted molar refractivity (Wildman–Crippen MR) is 113 cm³/mol. The van der Waals surface area contributed by atoms with E-state index in [9.17, 15) is 9.59 Å². The van der Waals surface area contributed by atoms with Crippen molar-refractivity contribution in [2.75, 3.05) is 35.7 Å². The first kappa shape index (κ1) is 21.2. The van der Waals surface area contributed by atoms with Crippen molar-refractivity contribution < 1.29 is 14.3 Å². The third-order valence-electron chi connectivity index (χ3n) is 4.79. The molecular weight excluding hydrogens is 390 g/mol. The number of hydrogen-bond acceptors (Lipinski definition) is 7. The maximum atomic E-state index is 12.3. The lowest BCUT2D eigenvalue weighted by atomic mass is 10.1. The number of thioether (sulfide) groups is 1. The van der Waals surface area contributed by atoms with Crippen LogP contribution in [0.25, 0.3) is 0 Å². The van der Waals surface area contributed by atoms with Gasteiger partial charge in [-0.05, 0) is 50.5 Å². The normalized spacial score (nSPS) is 13.6. The number of anilines is 2. The minimum absolute atomic E-state index is 0.0622. The van der Waals surface area contributed by atoms with E-state index in [1.54, 1.807) is 18.5 Å². The van der Waals surface area contributed by atoms with Crippen molar-refractivity contribution in [3.05, 3.63) is 29.6 Å². The Balaban J connectivity index is 1.53. The minimum atomic E-state index is -0.343. The lowest BCUT2D eigenvalue weighted by Crippen LogP contribution is -2.19. The van der Waals surface area contributed by atoms with Crippen LogP contribution >= 0.6 is 11.8 Å². The number of hydrogen-bond donors (Lipinski definition) is 1. The number of aromatic nitrogens is 3. The first-order valence-corrected chi connectivity index (χ1v) is 10.8. The zero-order chi connectivity index (χ0) is 20.8. The molecule has 29 heavy (non-hydrogen) atoms. The number of esters is 1. The van der Waals surface area contributed by atoms with Crippen molar-refractivity contribution in [1.29, 1.82) is 0 Å². The third-order valence-corrected chi connectivity index (χ3v) is 5.81. The molecule has 0 radical (unpaired) electrons. The molecule has 0 atom stereocenters. The maximum absolute atomic E-state index is 12.3. The highest BCUT2D eigenvalue weighted by molar-refractivity contribution is 7.99. The number of nitrogens with zero attached hydrogens (tertiary/aromatic N) is 4. The summed E-state index contributed by atoms with van der Waals surface area (Å²) in [5.74, 6) is 0.265. The van der Waals surface area contributed by atoms with Gasteiger partial charge in [0.2, 0.25) is 5.91 Å². The second kappa shape index (κ2) is 9.78. The Labute approximate surface area is 175 Å². The van der Waals surface area contributed by atoms with Gasteiger partial charge in [-0.15, -0.1) is 10.2 Å². The Bertz CT molecular complexity index is 877. The molecular formula is C20H27N5O3S. The fraction of sp³-hybridized carbons (Fsp3) is 0.500. The highest BCUT2D eigenvalue weighted by Gasteiger charge is 2.16. The average Bonchev–Trinajstić information content (AvgIpc) is 3.32. The van der Waals surface area contributed by atoms with E-state index in [0.717, 1.165) is 24.3 Å². The standard InChI is InChI=1S/C20H27N5O3S/c1-4-28-19(27)12-17-22-23-20(24(17)3)29-13-18(26)21-15-7-8-16(14(2)11-15)25-9-5-6-10-25/h7-8,11H,4-6,9-10,12-13H2,1-3H3,(H,21,26). The molecule has 1 fully saturated rings. The monoisotopic (exact) mass is 417 g/mol. The number of nitrogens with one attached hydrogen (secondary N) is 1. The molecule has 0 unspecified atom stereocenters. The van der Waals surface area contributed by atoms with Crippen LogP contribution in [-0.4, -0.2) is 52.1 Å². The second-order valence-electron chi connectivity index (χ2n) is 6.97. The highest BCUT2D eigenvalue weighted by atomic mass is 32.2. The Hall–Kier alpha value is -2.55. The van der Waals surface area contributed by atoms with Crippen LogP contribution in [0.4, 0.5) is 11.4 Å². The van der Waals surface area contributed by atoms with Gasteiger partial charge in [0.25, 0.3) is 0 Å². The van der Waals surface area contributed by atoms with Crippen molar-refractivity contribution in [2.24, 2.45) is 7.05 Å². The van der Waals surface area contributed by atoms with Gasteiger partial charge in [-0.1, -0.05) is 11.8 Å². The van der Waals surface area contributed by atoms with Crippen LogP contribution in [0.2, 0.25) is 0 Å².